The molecule has 0 aliphatic heterocycles. The van der Waals surface area contributed by atoms with Crippen molar-refractivity contribution in [3.63, 3.8) is 0 Å². The van der Waals surface area contributed by atoms with Crippen molar-refractivity contribution in [2.45, 2.75) is 64.6 Å². The molecule has 0 aromatic heterocycles. The van der Waals surface area contributed by atoms with Gasteiger partial charge in [-0.15, -0.1) is 0 Å². The van der Waals surface area contributed by atoms with Crippen LogP contribution in [0.4, 0.5) is 0 Å². The van der Waals surface area contributed by atoms with Crippen LogP contribution >= 0.6 is 0 Å². The first-order valence-corrected chi connectivity index (χ1v) is 7.51. The molecule has 18 heavy (non-hydrogen) atoms. The molecule has 3 saturated carbocycles. The number of rotatable bonds is 1. The maximum Gasteiger partial charge on any atom is 0.0682 e. The van der Waals surface area contributed by atoms with E-state index in [4.69, 9.17) is 4.74 Å². The second-order valence-corrected chi connectivity index (χ2v) is 8.04. The summed E-state index contributed by atoms with van der Waals surface area (Å²) < 4.78 is 5.89. The van der Waals surface area contributed by atoms with E-state index in [0.717, 1.165) is 25.2 Å². The Morgan fingerprint density at radius 1 is 0.944 bits per heavy atom. The van der Waals surface area contributed by atoms with Gasteiger partial charge in [-0.25, -0.2) is 0 Å². The number of hydrogen-bond donors (Lipinski definition) is 1. The quantitative estimate of drug-likeness (QED) is 0.776. The van der Waals surface area contributed by atoms with Crippen molar-refractivity contribution < 1.29 is 9.84 Å². The predicted octanol–water partition coefficient (Wildman–Crippen LogP) is 3.23. The minimum absolute atomic E-state index is 0.0192. The van der Waals surface area contributed by atoms with Crippen LogP contribution in [0.1, 0.15) is 53.4 Å². The van der Waals surface area contributed by atoms with Gasteiger partial charge in [0.1, 0.15) is 0 Å². The van der Waals surface area contributed by atoms with Crippen LogP contribution in [0.2, 0.25) is 0 Å². The summed E-state index contributed by atoms with van der Waals surface area (Å²) in [5.74, 6) is 2.47. The zero-order valence-corrected chi connectivity index (χ0v) is 12.5. The lowest BCUT2D eigenvalue weighted by molar-refractivity contribution is -0.0886. The molecular formula is C16H28O2. The Kier molecular flexibility index (Phi) is 2.53. The summed E-state index contributed by atoms with van der Waals surface area (Å²) in [6.07, 6.45) is 4.50. The van der Waals surface area contributed by atoms with Crippen molar-refractivity contribution in [1.82, 2.24) is 0 Å². The molecule has 1 N–H and O–H groups in total. The molecule has 3 aliphatic rings. The van der Waals surface area contributed by atoms with Crippen LogP contribution < -0.4 is 0 Å². The molecule has 0 amide bonds. The number of fused-ring (bicyclic) bond motifs is 3. The Bertz CT molecular complexity index is 360. The molecule has 6 unspecified atom stereocenters. The standard InChI is InChI=1S/C16H28O2/c1-14(2)10-7-9-16(4,18-5)11-6-8-15(3,17)13(11)12(10)14/h10-13,17H,6-9H2,1-5H3. The largest absolute Gasteiger partial charge is 0.390 e. The molecule has 2 nitrogen and oxygen atoms in total. The fourth-order valence-electron chi connectivity index (χ4n) is 5.48. The van der Waals surface area contributed by atoms with Crippen LogP contribution in [-0.4, -0.2) is 23.4 Å². The number of ether oxygens (including phenoxy) is 1. The average Bonchev–Trinajstić information content (AvgIpc) is 2.72. The van der Waals surface area contributed by atoms with Crippen LogP contribution in [0.3, 0.4) is 0 Å². The molecule has 0 radical (unpaired) electrons. The SMILES string of the molecule is COC1(C)CCC2C(C3C1CCC3(C)O)C2(C)C. The van der Waals surface area contributed by atoms with E-state index in [0.29, 0.717) is 23.2 Å². The monoisotopic (exact) mass is 252 g/mol. The van der Waals surface area contributed by atoms with Gasteiger partial charge >= 0.3 is 0 Å². The first-order chi connectivity index (χ1) is 8.24. The lowest BCUT2D eigenvalue weighted by atomic mass is 9.73. The van der Waals surface area contributed by atoms with E-state index in [-0.39, 0.29) is 5.60 Å². The summed E-state index contributed by atoms with van der Waals surface area (Å²) >= 11 is 0. The molecule has 3 rings (SSSR count). The van der Waals surface area contributed by atoms with E-state index in [1.165, 1.54) is 6.42 Å². The normalized spacial score (nSPS) is 57.7. The Hall–Kier alpha value is -0.0800. The Labute approximate surface area is 111 Å². The molecule has 0 spiro atoms. The molecule has 0 heterocycles. The van der Waals surface area contributed by atoms with Crippen LogP contribution in [0.25, 0.3) is 0 Å². The highest BCUT2D eigenvalue weighted by atomic mass is 16.5. The molecule has 0 bridgehead atoms. The third-order valence-corrected chi connectivity index (χ3v) is 6.84. The Morgan fingerprint density at radius 3 is 2.17 bits per heavy atom. The molecule has 3 aliphatic carbocycles. The third kappa shape index (κ3) is 1.48. The van der Waals surface area contributed by atoms with Crippen LogP contribution in [0.15, 0.2) is 0 Å². The zero-order valence-electron chi connectivity index (χ0n) is 12.5. The van der Waals surface area contributed by atoms with Gasteiger partial charge in [0.25, 0.3) is 0 Å². The van der Waals surface area contributed by atoms with E-state index >= 15 is 0 Å². The van der Waals surface area contributed by atoms with Crippen molar-refractivity contribution in [3.05, 3.63) is 0 Å². The lowest BCUT2D eigenvalue weighted by Crippen LogP contribution is -2.44. The molecule has 104 valence electrons. The van der Waals surface area contributed by atoms with E-state index in [1.807, 2.05) is 7.11 Å². The van der Waals surface area contributed by atoms with Gasteiger partial charge in [0.15, 0.2) is 0 Å². The molecular weight excluding hydrogens is 224 g/mol. The van der Waals surface area contributed by atoms with Gasteiger partial charge in [0.05, 0.1) is 11.2 Å². The van der Waals surface area contributed by atoms with Gasteiger partial charge in [-0.3, -0.25) is 0 Å². The summed E-state index contributed by atoms with van der Waals surface area (Å²) in [6.45, 7) is 9.11. The predicted molar refractivity (Wildman–Crippen MR) is 72.2 cm³/mol. The lowest BCUT2D eigenvalue weighted by Gasteiger charge is -2.40. The first-order valence-electron chi connectivity index (χ1n) is 7.51. The Balaban J connectivity index is 1.99. The van der Waals surface area contributed by atoms with Crippen molar-refractivity contribution in [3.8, 4) is 0 Å². The third-order valence-electron chi connectivity index (χ3n) is 6.84. The van der Waals surface area contributed by atoms with E-state index in [2.05, 4.69) is 27.7 Å². The summed E-state index contributed by atoms with van der Waals surface area (Å²) in [5.41, 5.74) is -0.0630. The highest BCUT2D eigenvalue weighted by Gasteiger charge is 2.69. The fourth-order valence-corrected chi connectivity index (χ4v) is 5.48. The number of aliphatic hydroxyl groups is 1. The van der Waals surface area contributed by atoms with Crippen LogP contribution in [-0.2, 0) is 4.74 Å². The van der Waals surface area contributed by atoms with Crippen LogP contribution in [0.5, 0.6) is 0 Å². The summed E-state index contributed by atoms with van der Waals surface area (Å²) in [4.78, 5) is 0. The molecule has 3 fully saturated rings. The minimum Gasteiger partial charge on any atom is -0.390 e. The maximum absolute atomic E-state index is 10.8. The van der Waals surface area contributed by atoms with Gasteiger partial charge in [-0.2, -0.15) is 0 Å². The Morgan fingerprint density at radius 2 is 1.56 bits per heavy atom. The molecule has 0 aromatic rings. The van der Waals surface area contributed by atoms with Gasteiger partial charge in [-0.1, -0.05) is 13.8 Å². The van der Waals surface area contributed by atoms with E-state index in [1.54, 1.807) is 0 Å². The highest BCUT2D eigenvalue weighted by Crippen LogP contribution is 2.72. The van der Waals surface area contributed by atoms with Gasteiger partial charge in [0, 0.05) is 7.11 Å². The van der Waals surface area contributed by atoms with Crippen molar-refractivity contribution in [2.24, 2.45) is 29.1 Å². The first kappa shape index (κ1) is 12.9. The van der Waals surface area contributed by atoms with E-state index < -0.39 is 5.60 Å². The topological polar surface area (TPSA) is 29.5 Å². The smallest absolute Gasteiger partial charge is 0.0682 e. The van der Waals surface area contributed by atoms with E-state index in [9.17, 15) is 5.11 Å². The summed E-state index contributed by atoms with van der Waals surface area (Å²) in [5, 5.41) is 10.8. The van der Waals surface area contributed by atoms with Crippen LogP contribution in [0, 0.1) is 29.1 Å². The average molecular weight is 252 g/mol. The fraction of sp³-hybridized carbons (Fsp3) is 1.00. The summed E-state index contributed by atoms with van der Waals surface area (Å²) in [6, 6.07) is 0. The maximum atomic E-state index is 10.8. The molecule has 0 saturated heterocycles. The molecule has 6 atom stereocenters. The molecule has 2 heteroatoms. The second-order valence-electron chi connectivity index (χ2n) is 8.04. The number of hydrogen-bond acceptors (Lipinski definition) is 2. The number of methoxy groups -OCH3 is 1. The van der Waals surface area contributed by atoms with Crippen molar-refractivity contribution in [2.75, 3.05) is 7.11 Å². The summed E-state index contributed by atoms with van der Waals surface area (Å²) in [7, 11) is 1.85. The minimum atomic E-state index is -0.481. The van der Waals surface area contributed by atoms with Crippen molar-refractivity contribution in [1.29, 1.82) is 0 Å². The van der Waals surface area contributed by atoms with Gasteiger partial charge in [0.2, 0.25) is 0 Å². The molecule has 0 aromatic carbocycles. The van der Waals surface area contributed by atoms with Gasteiger partial charge < -0.3 is 9.84 Å². The van der Waals surface area contributed by atoms with Gasteiger partial charge in [-0.05, 0) is 68.6 Å². The second kappa shape index (κ2) is 3.52. The highest BCUT2D eigenvalue weighted by molar-refractivity contribution is 5.18. The zero-order chi connectivity index (χ0) is 13.3. The van der Waals surface area contributed by atoms with Crippen molar-refractivity contribution >= 4 is 0 Å².